The van der Waals surface area contributed by atoms with Crippen LogP contribution >= 0.6 is 0 Å². The first-order valence-corrected chi connectivity index (χ1v) is 10.8. The number of fused-ring (bicyclic) bond motifs is 1. The Morgan fingerprint density at radius 3 is 2.55 bits per heavy atom. The van der Waals surface area contributed by atoms with Crippen LogP contribution in [0, 0.1) is 11.3 Å². The summed E-state index contributed by atoms with van der Waals surface area (Å²) in [6.07, 6.45) is 1.38. The smallest absolute Gasteiger partial charge is 0.407 e. The number of aromatic nitrogens is 1. The normalized spacial score (nSPS) is 19.1. The summed E-state index contributed by atoms with van der Waals surface area (Å²) in [7, 11) is 2.54. The van der Waals surface area contributed by atoms with Crippen molar-refractivity contribution in [3.63, 3.8) is 0 Å². The number of alkyl carbamates (subject to hydrolysis) is 1. The van der Waals surface area contributed by atoms with Crippen molar-refractivity contribution in [1.82, 2.24) is 15.2 Å². The highest BCUT2D eigenvalue weighted by molar-refractivity contribution is 5.91. The van der Waals surface area contributed by atoms with Crippen LogP contribution in [0.1, 0.15) is 27.2 Å². The molecule has 0 spiro atoms. The van der Waals surface area contributed by atoms with Crippen molar-refractivity contribution in [2.75, 3.05) is 27.4 Å². The number of methoxy groups -OCH3 is 2. The molecule has 9 nitrogen and oxygen atoms in total. The molecule has 2 aromatic rings. The Hall–Kier alpha value is -3.36. The fourth-order valence-corrected chi connectivity index (χ4v) is 4.04. The molecule has 0 radical (unpaired) electrons. The molecule has 1 aliphatic rings. The minimum Gasteiger partial charge on any atom is -0.492 e. The Kier molecular flexibility index (Phi) is 7.40. The molecule has 178 valence electrons. The van der Waals surface area contributed by atoms with E-state index >= 15 is 0 Å². The minimum atomic E-state index is -0.874. The molecule has 1 aromatic carbocycles. The third-order valence-electron chi connectivity index (χ3n) is 5.79. The highest BCUT2D eigenvalue weighted by atomic mass is 16.5. The van der Waals surface area contributed by atoms with E-state index in [9.17, 15) is 14.4 Å². The molecular weight excluding hydrogens is 426 g/mol. The predicted octanol–water partition coefficient (Wildman–Crippen LogP) is 2.77. The van der Waals surface area contributed by atoms with Crippen LogP contribution in [0.25, 0.3) is 10.9 Å². The van der Waals surface area contributed by atoms with Gasteiger partial charge in [0.2, 0.25) is 5.91 Å². The molecule has 2 amide bonds. The van der Waals surface area contributed by atoms with Crippen molar-refractivity contribution in [3.05, 3.63) is 36.5 Å². The summed E-state index contributed by atoms with van der Waals surface area (Å²) >= 11 is 0. The lowest BCUT2D eigenvalue weighted by atomic mass is 9.85. The number of amides is 2. The second-order valence-corrected chi connectivity index (χ2v) is 9.20. The number of nitrogens with one attached hydrogen (secondary N) is 1. The molecular formula is C24H31N3O6. The largest absolute Gasteiger partial charge is 0.492 e. The van der Waals surface area contributed by atoms with Gasteiger partial charge in [-0.25, -0.2) is 9.59 Å². The molecule has 1 fully saturated rings. The number of pyridine rings is 1. The number of carbonyl (C=O) groups is 3. The number of rotatable bonds is 6. The summed E-state index contributed by atoms with van der Waals surface area (Å²) in [4.78, 5) is 43.7. The number of nitrogens with zero attached hydrogens (tertiary/aromatic N) is 2. The van der Waals surface area contributed by atoms with Gasteiger partial charge in [0.05, 0.1) is 26.3 Å². The van der Waals surface area contributed by atoms with Gasteiger partial charge in [0, 0.05) is 24.0 Å². The Bertz CT molecular complexity index is 1010. The van der Waals surface area contributed by atoms with E-state index in [-0.39, 0.29) is 11.8 Å². The van der Waals surface area contributed by atoms with E-state index in [0.717, 1.165) is 10.9 Å². The van der Waals surface area contributed by atoms with Crippen LogP contribution in [-0.4, -0.2) is 67.3 Å². The summed E-state index contributed by atoms with van der Waals surface area (Å²) < 4.78 is 15.7. The number of likely N-dealkylation sites (tertiary alicyclic amines) is 1. The van der Waals surface area contributed by atoms with Gasteiger partial charge in [0.1, 0.15) is 17.8 Å². The zero-order chi connectivity index (χ0) is 24.2. The molecule has 1 N–H and O–H groups in total. The van der Waals surface area contributed by atoms with Crippen LogP contribution in [0.5, 0.6) is 5.75 Å². The van der Waals surface area contributed by atoms with Crippen LogP contribution < -0.4 is 10.1 Å². The molecule has 1 aromatic heterocycles. The topological polar surface area (TPSA) is 107 Å². The van der Waals surface area contributed by atoms with E-state index in [1.807, 2.05) is 45.0 Å². The Labute approximate surface area is 193 Å². The van der Waals surface area contributed by atoms with E-state index in [2.05, 4.69) is 10.3 Å². The lowest BCUT2D eigenvalue weighted by molar-refractivity contribution is -0.152. The summed E-state index contributed by atoms with van der Waals surface area (Å²) in [6, 6.07) is 7.84. The number of hydrogen-bond donors (Lipinski definition) is 1. The van der Waals surface area contributed by atoms with Gasteiger partial charge < -0.3 is 24.4 Å². The zero-order valence-electron chi connectivity index (χ0n) is 19.7. The number of esters is 1. The Morgan fingerprint density at radius 1 is 1.15 bits per heavy atom. The van der Waals surface area contributed by atoms with E-state index in [4.69, 9.17) is 14.2 Å². The number of carbonyl (C=O) groups excluding carboxylic acids is 3. The zero-order valence-corrected chi connectivity index (χ0v) is 19.7. The third kappa shape index (κ3) is 5.53. The Morgan fingerprint density at radius 2 is 1.88 bits per heavy atom. The van der Waals surface area contributed by atoms with Gasteiger partial charge in [-0.2, -0.15) is 0 Å². The van der Waals surface area contributed by atoms with E-state index in [0.29, 0.717) is 25.3 Å². The maximum Gasteiger partial charge on any atom is 0.407 e. The van der Waals surface area contributed by atoms with Crippen molar-refractivity contribution in [1.29, 1.82) is 0 Å². The number of hydrogen-bond acceptors (Lipinski definition) is 7. The van der Waals surface area contributed by atoms with E-state index in [1.165, 1.54) is 19.1 Å². The molecule has 0 saturated carbocycles. The molecule has 0 bridgehead atoms. The van der Waals surface area contributed by atoms with E-state index < -0.39 is 29.6 Å². The molecule has 3 rings (SSSR count). The first kappa shape index (κ1) is 24.3. The molecule has 33 heavy (non-hydrogen) atoms. The number of ether oxygens (including phenoxy) is 3. The SMILES string of the molecule is COC(=O)NC(C(=O)N1CC(COc2ccnc3ccccc23)CC1C(=O)OC)C(C)(C)C. The van der Waals surface area contributed by atoms with Crippen LogP contribution in [0.2, 0.25) is 0 Å². The predicted molar refractivity (Wildman–Crippen MR) is 122 cm³/mol. The lowest BCUT2D eigenvalue weighted by Gasteiger charge is -2.34. The summed E-state index contributed by atoms with van der Waals surface area (Å²) in [5.74, 6) is -0.255. The van der Waals surface area contributed by atoms with Crippen molar-refractivity contribution >= 4 is 28.9 Å². The highest BCUT2D eigenvalue weighted by Crippen LogP contribution is 2.31. The van der Waals surface area contributed by atoms with Crippen LogP contribution in [0.3, 0.4) is 0 Å². The van der Waals surface area contributed by atoms with Gasteiger partial charge in [0.15, 0.2) is 0 Å². The molecule has 0 aliphatic carbocycles. The van der Waals surface area contributed by atoms with Gasteiger partial charge in [-0.05, 0) is 30.0 Å². The fourth-order valence-electron chi connectivity index (χ4n) is 4.04. The first-order chi connectivity index (χ1) is 15.7. The molecule has 1 saturated heterocycles. The standard InChI is InChI=1S/C24H31N3O6/c1-24(2,3)20(26-23(30)32-5)21(28)27-13-15(12-18(27)22(29)31-4)14-33-19-10-11-25-17-9-7-6-8-16(17)19/h6-11,15,18,20H,12-14H2,1-5H3,(H,26,30). The second-order valence-electron chi connectivity index (χ2n) is 9.20. The highest BCUT2D eigenvalue weighted by Gasteiger charge is 2.45. The summed E-state index contributed by atoms with van der Waals surface area (Å²) in [5, 5.41) is 3.50. The van der Waals surface area contributed by atoms with Gasteiger partial charge in [-0.1, -0.05) is 32.9 Å². The average Bonchev–Trinajstić information content (AvgIpc) is 3.23. The van der Waals surface area contributed by atoms with Gasteiger partial charge in [-0.3, -0.25) is 9.78 Å². The van der Waals surface area contributed by atoms with Gasteiger partial charge in [-0.15, -0.1) is 0 Å². The number of para-hydroxylation sites is 1. The van der Waals surface area contributed by atoms with Crippen LogP contribution in [0.4, 0.5) is 4.79 Å². The molecule has 3 atom stereocenters. The van der Waals surface area contributed by atoms with Crippen LogP contribution in [0.15, 0.2) is 36.5 Å². The van der Waals surface area contributed by atoms with Crippen molar-refractivity contribution in [2.24, 2.45) is 11.3 Å². The minimum absolute atomic E-state index is 0.0938. The lowest BCUT2D eigenvalue weighted by Crippen LogP contribution is -2.56. The summed E-state index contributed by atoms with van der Waals surface area (Å²) in [5.41, 5.74) is 0.226. The maximum atomic E-state index is 13.5. The maximum absolute atomic E-state index is 13.5. The third-order valence-corrected chi connectivity index (χ3v) is 5.79. The van der Waals surface area contributed by atoms with Gasteiger partial charge >= 0.3 is 12.1 Å². The average molecular weight is 458 g/mol. The van der Waals surface area contributed by atoms with Crippen molar-refractivity contribution in [3.8, 4) is 5.75 Å². The summed E-state index contributed by atoms with van der Waals surface area (Å²) in [6.45, 7) is 6.13. The molecule has 3 unspecified atom stereocenters. The van der Waals surface area contributed by atoms with Crippen molar-refractivity contribution < 1.29 is 28.6 Å². The monoisotopic (exact) mass is 457 g/mol. The first-order valence-electron chi connectivity index (χ1n) is 10.8. The van der Waals surface area contributed by atoms with Crippen molar-refractivity contribution in [2.45, 2.75) is 39.3 Å². The van der Waals surface area contributed by atoms with E-state index in [1.54, 1.807) is 12.3 Å². The van der Waals surface area contributed by atoms with Crippen LogP contribution in [-0.2, 0) is 19.1 Å². The fraction of sp³-hybridized carbons (Fsp3) is 0.500. The Balaban J connectivity index is 1.78. The molecule has 2 heterocycles. The quantitative estimate of drug-likeness (QED) is 0.665. The molecule has 9 heteroatoms. The van der Waals surface area contributed by atoms with Gasteiger partial charge in [0.25, 0.3) is 0 Å². The molecule has 1 aliphatic heterocycles. The number of benzene rings is 1. The second kappa shape index (κ2) is 10.1.